The molecule has 4 N–H and O–H groups in total. The van der Waals surface area contributed by atoms with Gasteiger partial charge >= 0.3 is 5.51 Å². The number of nitrogens with zero attached hydrogens (tertiary/aromatic N) is 2. The first-order valence-corrected chi connectivity index (χ1v) is 28.0. The Kier molecular flexibility index (Phi) is 19.1. The van der Waals surface area contributed by atoms with Gasteiger partial charge in [0.05, 0.1) is 14.7 Å². The molecule has 2 aliphatic heterocycles. The number of benzene rings is 5. The lowest BCUT2D eigenvalue weighted by Gasteiger charge is -2.32. The molecule has 0 aliphatic carbocycles. The van der Waals surface area contributed by atoms with Crippen molar-refractivity contribution in [3.05, 3.63) is 148 Å². The quantitative estimate of drug-likeness (QED) is 0.0615. The van der Waals surface area contributed by atoms with Crippen molar-refractivity contribution in [3.8, 4) is 0 Å². The molecule has 0 radical (unpaired) electrons. The Hall–Kier alpha value is -5.06. The summed E-state index contributed by atoms with van der Waals surface area (Å²) in [5, 5.41) is 13.1. The summed E-state index contributed by atoms with van der Waals surface area (Å²) in [6.07, 6.45) is 6.33. The van der Waals surface area contributed by atoms with E-state index < -0.39 is 40.3 Å². The topological polar surface area (TPSA) is 191 Å². The van der Waals surface area contributed by atoms with Gasteiger partial charge in [-0.1, -0.05) is 67.6 Å². The van der Waals surface area contributed by atoms with E-state index >= 15 is 0 Å². The summed E-state index contributed by atoms with van der Waals surface area (Å²) in [6, 6.07) is 29.9. The first-order valence-electron chi connectivity index (χ1n) is 22.9. The maximum Gasteiger partial charge on any atom is 0.501 e. The maximum atomic E-state index is 13.1. The fourth-order valence-corrected chi connectivity index (χ4v) is 11.8. The highest BCUT2D eigenvalue weighted by atomic mass is 35.5. The van der Waals surface area contributed by atoms with E-state index in [9.17, 15) is 48.0 Å². The van der Waals surface area contributed by atoms with Gasteiger partial charge in [0, 0.05) is 77.4 Å². The molecule has 22 heteroatoms. The lowest BCUT2D eigenvalue weighted by molar-refractivity contribution is -0.0436. The molecular weight excluding hydrogens is 1020 g/mol. The van der Waals surface area contributed by atoms with Gasteiger partial charge < -0.3 is 21.3 Å². The third-order valence-electron chi connectivity index (χ3n) is 11.9. The zero-order valence-corrected chi connectivity index (χ0v) is 42.6. The lowest BCUT2D eigenvalue weighted by atomic mass is 10.1. The molecule has 0 bridgehead atoms. The molecular formula is C49H55Cl2F3N6O8S3. The number of halogens is 5. The van der Waals surface area contributed by atoms with Crippen molar-refractivity contribution in [2.24, 2.45) is 0 Å². The number of carbonyl (C=O) groups is 2. The number of anilines is 2. The summed E-state index contributed by atoms with van der Waals surface area (Å²) >= 11 is 11.7. The number of nitrogens with one attached hydrogen (secondary N) is 4. The van der Waals surface area contributed by atoms with Crippen molar-refractivity contribution in [2.45, 2.75) is 90.7 Å². The summed E-state index contributed by atoms with van der Waals surface area (Å²) in [5.41, 5.74) is -3.04. The van der Waals surface area contributed by atoms with E-state index in [2.05, 4.69) is 28.2 Å². The van der Waals surface area contributed by atoms with Crippen molar-refractivity contribution in [1.82, 2.24) is 19.2 Å². The van der Waals surface area contributed by atoms with Crippen LogP contribution in [0.15, 0.2) is 136 Å². The van der Waals surface area contributed by atoms with E-state index in [0.717, 1.165) is 31.5 Å². The number of amides is 2. The molecule has 71 heavy (non-hydrogen) atoms. The van der Waals surface area contributed by atoms with Crippen LogP contribution in [0.3, 0.4) is 0 Å². The molecule has 2 amide bonds. The Labute approximate surface area is 423 Å². The molecule has 2 fully saturated rings. The zero-order chi connectivity index (χ0) is 51.4. The molecule has 1 atom stereocenters. The number of sulfone groups is 1. The number of hydrogen-bond donors (Lipinski definition) is 4. The van der Waals surface area contributed by atoms with Crippen molar-refractivity contribution in [3.63, 3.8) is 0 Å². The number of sulfonamides is 2. The van der Waals surface area contributed by atoms with E-state index in [1.54, 1.807) is 72.8 Å². The van der Waals surface area contributed by atoms with Crippen LogP contribution in [-0.2, 0) is 36.4 Å². The third-order valence-corrected chi connectivity index (χ3v) is 17.6. The Bertz CT molecular complexity index is 2930. The smallest absolute Gasteiger partial charge is 0.382 e. The SMILES string of the molecule is CCCCCCNC1CCN(S(=O)(=O)c2ccc(NC(=O)c3ccc(Cl)cc3)cc2)C1.O=C(NCc1ccc(S(=O)(=O)N2CCC(Nc3cccc(S(=O)(=O)C(F)(F)F)c3)CC2)cc1)c1ccc(Cl)cc1. The van der Waals surface area contributed by atoms with Gasteiger partial charge in [-0.05, 0) is 141 Å². The van der Waals surface area contributed by atoms with Crippen LogP contribution in [0.1, 0.15) is 78.1 Å². The number of rotatable bonds is 18. The number of unbranched alkanes of at least 4 members (excludes halogenated alkanes) is 3. The van der Waals surface area contributed by atoms with Gasteiger partial charge in [0.1, 0.15) is 0 Å². The molecule has 5 aromatic rings. The monoisotopic (exact) mass is 1080 g/mol. The molecule has 0 spiro atoms. The summed E-state index contributed by atoms with van der Waals surface area (Å²) in [5.74, 6) is -0.571. The van der Waals surface area contributed by atoms with E-state index in [1.165, 1.54) is 64.3 Å². The molecule has 2 heterocycles. The predicted molar refractivity (Wildman–Crippen MR) is 269 cm³/mol. The van der Waals surface area contributed by atoms with E-state index in [-0.39, 0.29) is 59.0 Å². The zero-order valence-electron chi connectivity index (χ0n) is 38.7. The summed E-state index contributed by atoms with van der Waals surface area (Å²) in [7, 11) is -12.8. The first kappa shape index (κ1) is 55.3. The van der Waals surface area contributed by atoms with E-state index in [0.29, 0.717) is 58.4 Å². The summed E-state index contributed by atoms with van der Waals surface area (Å²) < 4.78 is 117. The Morgan fingerprint density at radius 1 is 0.620 bits per heavy atom. The molecule has 7 rings (SSSR count). The molecule has 14 nitrogen and oxygen atoms in total. The Morgan fingerprint density at radius 3 is 1.73 bits per heavy atom. The van der Waals surface area contributed by atoms with Gasteiger partial charge in [0.25, 0.3) is 21.7 Å². The van der Waals surface area contributed by atoms with E-state index in [4.69, 9.17) is 23.2 Å². The average molecular weight is 1080 g/mol. The number of piperidine rings is 1. The minimum atomic E-state index is -5.48. The molecule has 5 aromatic carbocycles. The van der Waals surface area contributed by atoms with Crippen LogP contribution in [-0.4, -0.2) is 96.0 Å². The van der Waals surface area contributed by atoms with Gasteiger partial charge in [-0.2, -0.15) is 21.8 Å². The first-order chi connectivity index (χ1) is 33.7. The molecule has 2 saturated heterocycles. The normalized spacial score (nSPS) is 16.2. The number of hydrogen-bond acceptors (Lipinski definition) is 10. The van der Waals surface area contributed by atoms with Gasteiger partial charge in [0.2, 0.25) is 20.0 Å². The van der Waals surface area contributed by atoms with Crippen LogP contribution in [0, 0.1) is 0 Å². The Morgan fingerprint density at radius 2 is 1.15 bits per heavy atom. The molecule has 382 valence electrons. The molecule has 0 saturated carbocycles. The van der Waals surface area contributed by atoms with Crippen molar-refractivity contribution >= 4 is 76.3 Å². The second-order valence-electron chi connectivity index (χ2n) is 17.0. The number of alkyl halides is 3. The largest absolute Gasteiger partial charge is 0.501 e. The van der Waals surface area contributed by atoms with Gasteiger partial charge in [-0.3, -0.25) is 9.59 Å². The fraction of sp³-hybridized carbons (Fsp3) is 0.347. The number of carbonyl (C=O) groups excluding carboxylic acids is 2. The van der Waals surface area contributed by atoms with Crippen molar-refractivity contribution < 1.29 is 48.0 Å². The van der Waals surface area contributed by atoms with Crippen LogP contribution in [0.25, 0.3) is 0 Å². The highest BCUT2D eigenvalue weighted by Gasteiger charge is 2.47. The minimum absolute atomic E-state index is 0.0942. The van der Waals surface area contributed by atoms with Crippen LogP contribution in [0.5, 0.6) is 0 Å². The van der Waals surface area contributed by atoms with E-state index in [1.807, 2.05) is 0 Å². The van der Waals surface area contributed by atoms with Crippen LogP contribution in [0.2, 0.25) is 10.0 Å². The van der Waals surface area contributed by atoms with Crippen molar-refractivity contribution in [2.75, 3.05) is 43.4 Å². The summed E-state index contributed by atoms with van der Waals surface area (Å²) in [4.78, 5) is 24.0. The predicted octanol–water partition coefficient (Wildman–Crippen LogP) is 9.35. The van der Waals surface area contributed by atoms with Crippen LogP contribution >= 0.6 is 23.2 Å². The second-order valence-corrected chi connectivity index (χ2v) is 23.7. The molecule has 0 aromatic heterocycles. The minimum Gasteiger partial charge on any atom is -0.382 e. The second kappa shape index (κ2) is 24.6. The Balaban J connectivity index is 0.000000240. The van der Waals surface area contributed by atoms with Gasteiger partial charge in [-0.25, -0.2) is 25.3 Å². The molecule has 1 unspecified atom stereocenters. The lowest BCUT2D eigenvalue weighted by Crippen LogP contribution is -2.42. The van der Waals surface area contributed by atoms with Crippen LogP contribution < -0.4 is 21.3 Å². The molecule has 2 aliphatic rings. The van der Waals surface area contributed by atoms with Gasteiger partial charge in [0.15, 0.2) is 0 Å². The van der Waals surface area contributed by atoms with Crippen LogP contribution in [0.4, 0.5) is 24.5 Å². The standard InChI is InChI=1S/C26H25ClF3N3O5S2.C23H30ClN3O3S/c27-20-8-6-19(7-9-20)25(34)31-17-18-4-10-23(11-5-18)40(37,38)33-14-12-21(13-15-33)32-22-2-1-3-24(16-22)39(35,36)26(28,29)30;1-2-3-4-5-15-25-21-14-16-27(17-21)31(29,30)22-12-10-20(11-13-22)26-23(28)18-6-8-19(24)9-7-18/h1-11,16,21,32H,12-15,17H2,(H,31,34);6-13,21,25H,2-5,14-17H2,1H3,(H,26,28). The fourth-order valence-electron chi connectivity index (χ4n) is 7.81. The highest BCUT2D eigenvalue weighted by molar-refractivity contribution is 7.92. The van der Waals surface area contributed by atoms with Gasteiger partial charge in [-0.15, -0.1) is 0 Å². The maximum absolute atomic E-state index is 13.1. The average Bonchev–Trinajstić information content (AvgIpc) is 3.84. The summed E-state index contributed by atoms with van der Waals surface area (Å²) in [6.45, 7) is 4.66. The third kappa shape index (κ3) is 15.0. The van der Waals surface area contributed by atoms with Crippen molar-refractivity contribution in [1.29, 1.82) is 0 Å². The highest BCUT2D eigenvalue weighted by Crippen LogP contribution is 2.32.